The number of guanidine groups is 1. The van der Waals surface area contributed by atoms with Gasteiger partial charge in [0.2, 0.25) is 11.9 Å². The van der Waals surface area contributed by atoms with Crippen LogP contribution in [-0.4, -0.2) is 46.2 Å². The van der Waals surface area contributed by atoms with Gasteiger partial charge in [-0.1, -0.05) is 24.3 Å². The lowest BCUT2D eigenvalue weighted by Crippen LogP contribution is -2.43. The zero-order chi connectivity index (χ0) is 25.4. The Morgan fingerprint density at radius 2 is 1.66 bits per heavy atom. The Bertz CT molecular complexity index is 1320. The molecule has 1 amide bonds. The fraction of sp³-hybridized carbons (Fsp3) is 0.261. The SMILES string of the molecule is COc1ccc(Cn2c(NCCN=C(N)NC(C)=O)nc(=O)n(Cc3ccc(F)cc3)c2=O)cc1. The summed E-state index contributed by atoms with van der Waals surface area (Å²) < 4.78 is 20.7. The van der Waals surface area contributed by atoms with E-state index < -0.39 is 17.2 Å². The Kier molecular flexibility index (Phi) is 8.33. The van der Waals surface area contributed by atoms with E-state index in [-0.39, 0.29) is 44.0 Å². The average molecular weight is 484 g/mol. The molecule has 184 valence electrons. The van der Waals surface area contributed by atoms with Crippen molar-refractivity contribution in [2.75, 3.05) is 25.5 Å². The number of hydrogen-bond donors (Lipinski definition) is 3. The van der Waals surface area contributed by atoms with E-state index in [1.165, 1.54) is 35.8 Å². The number of anilines is 1. The van der Waals surface area contributed by atoms with Crippen molar-refractivity contribution in [1.82, 2.24) is 19.4 Å². The molecule has 0 unspecified atom stereocenters. The van der Waals surface area contributed by atoms with Gasteiger partial charge >= 0.3 is 11.4 Å². The fourth-order valence-corrected chi connectivity index (χ4v) is 3.19. The lowest BCUT2D eigenvalue weighted by atomic mass is 10.2. The number of methoxy groups -OCH3 is 1. The predicted molar refractivity (Wildman–Crippen MR) is 129 cm³/mol. The van der Waals surface area contributed by atoms with Crippen LogP contribution in [0.15, 0.2) is 63.1 Å². The van der Waals surface area contributed by atoms with Crippen molar-refractivity contribution in [2.45, 2.75) is 20.0 Å². The van der Waals surface area contributed by atoms with Crippen molar-refractivity contribution in [3.8, 4) is 5.75 Å². The monoisotopic (exact) mass is 483 g/mol. The van der Waals surface area contributed by atoms with E-state index >= 15 is 0 Å². The number of nitrogens with two attached hydrogens (primary N) is 1. The summed E-state index contributed by atoms with van der Waals surface area (Å²) >= 11 is 0. The molecule has 0 aliphatic carbocycles. The molecular weight excluding hydrogens is 457 g/mol. The van der Waals surface area contributed by atoms with Gasteiger partial charge in [0.15, 0.2) is 5.96 Å². The minimum absolute atomic E-state index is 0.0439. The molecule has 12 heteroatoms. The molecule has 4 N–H and O–H groups in total. The summed E-state index contributed by atoms with van der Waals surface area (Å²) in [5.41, 5.74) is 5.60. The highest BCUT2D eigenvalue weighted by Crippen LogP contribution is 2.13. The molecule has 0 fully saturated rings. The molecule has 1 aromatic heterocycles. The lowest BCUT2D eigenvalue weighted by Gasteiger charge is -2.15. The Balaban J connectivity index is 1.91. The zero-order valence-electron chi connectivity index (χ0n) is 19.3. The smallest absolute Gasteiger partial charge is 0.355 e. The van der Waals surface area contributed by atoms with Gasteiger partial charge in [-0.15, -0.1) is 0 Å². The zero-order valence-corrected chi connectivity index (χ0v) is 19.3. The number of halogens is 1. The Morgan fingerprint density at radius 3 is 2.26 bits per heavy atom. The number of ether oxygens (including phenoxy) is 1. The number of hydrogen-bond acceptors (Lipinski definition) is 7. The maximum atomic E-state index is 13.3. The summed E-state index contributed by atoms with van der Waals surface area (Å²) in [6.07, 6.45) is 0. The van der Waals surface area contributed by atoms with Gasteiger partial charge in [-0.05, 0) is 35.4 Å². The van der Waals surface area contributed by atoms with Crippen molar-refractivity contribution in [2.24, 2.45) is 10.7 Å². The van der Waals surface area contributed by atoms with E-state index in [0.717, 1.165) is 10.1 Å². The second kappa shape index (κ2) is 11.6. The third kappa shape index (κ3) is 7.00. The van der Waals surface area contributed by atoms with E-state index in [4.69, 9.17) is 10.5 Å². The van der Waals surface area contributed by atoms with Crippen molar-refractivity contribution >= 4 is 17.8 Å². The van der Waals surface area contributed by atoms with Gasteiger partial charge in [-0.2, -0.15) is 4.98 Å². The number of aliphatic imine (C=N–C) groups is 1. The first-order chi connectivity index (χ1) is 16.8. The standard InChI is InChI=1S/C23H26FN7O4/c1-15(32)28-20(25)26-11-12-27-21-29-22(33)31(14-16-3-7-18(24)8-4-16)23(34)30(21)13-17-5-9-19(35-2)10-6-17/h3-10H,11-14H2,1-2H3,(H,27,29,33)(H3,25,26,28,32). The number of amides is 1. The summed E-state index contributed by atoms with van der Waals surface area (Å²) in [6, 6.07) is 12.6. The maximum absolute atomic E-state index is 13.3. The van der Waals surface area contributed by atoms with Crippen molar-refractivity contribution in [1.29, 1.82) is 0 Å². The molecule has 1 heterocycles. The molecule has 0 radical (unpaired) electrons. The second-order valence-electron chi connectivity index (χ2n) is 7.52. The van der Waals surface area contributed by atoms with E-state index in [1.54, 1.807) is 31.4 Å². The molecule has 0 atom stereocenters. The van der Waals surface area contributed by atoms with Crippen LogP contribution < -0.4 is 32.5 Å². The lowest BCUT2D eigenvalue weighted by molar-refractivity contribution is -0.117. The van der Waals surface area contributed by atoms with Gasteiger partial charge in [0.25, 0.3) is 0 Å². The van der Waals surface area contributed by atoms with Gasteiger partial charge < -0.3 is 15.8 Å². The highest BCUT2D eigenvalue weighted by atomic mass is 19.1. The first-order valence-electron chi connectivity index (χ1n) is 10.7. The molecule has 0 saturated heterocycles. The number of benzene rings is 2. The van der Waals surface area contributed by atoms with Gasteiger partial charge in [0.05, 0.1) is 26.7 Å². The number of carbonyl (C=O) groups excluding carboxylic acids is 1. The van der Waals surface area contributed by atoms with E-state index in [1.807, 2.05) is 0 Å². The van der Waals surface area contributed by atoms with Crippen LogP contribution in [0.3, 0.4) is 0 Å². The van der Waals surface area contributed by atoms with Crippen LogP contribution in [0.25, 0.3) is 0 Å². The van der Waals surface area contributed by atoms with E-state index in [9.17, 15) is 18.8 Å². The van der Waals surface area contributed by atoms with E-state index in [0.29, 0.717) is 11.3 Å². The second-order valence-corrected chi connectivity index (χ2v) is 7.52. The average Bonchev–Trinajstić information content (AvgIpc) is 2.83. The minimum Gasteiger partial charge on any atom is -0.497 e. The van der Waals surface area contributed by atoms with Crippen LogP contribution in [0.4, 0.5) is 10.3 Å². The Labute approximate surface area is 200 Å². The quantitative estimate of drug-likeness (QED) is 0.228. The summed E-state index contributed by atoms with van der Waals surface area (Å²) in [7, 11) is 1.55. The summed E-state index contributed by atoms with van der Waals surface area (Å²) in [5, 5.41) is 5.28. The molecule has 0 aliphatic heterocycles. The van der Waals surface area contributed by atoms with Crippen LogP contribution in [-0.2, 0) is 17.9 Å². The molecular formula is C23H26FN7O4. The first-order valence-corrected chi connectivity index (χ1v) is 10.7. The summed E-state index contributed by atoms with van der Waals surface area (Å²) in [4.78, 5) is 45.1. The van der Waals surface area contributed by atoms with Gasteiger partial charge in [0, 0.05) is 13.5 Å². The number of nitrogens with zero attached hydrogens (tertiary/aromatic N) is 4. The summed E-state index contributed by atoms with van der Waals surface area (Å²) in [5.74, 6) is -0.0954. The largest absolute Gasteiger partial charge is 0.497 e. The normalized spacial score (nSPS) is 11.2. The Morgan fingerprint density at radius 1 is 1.06 bits per heavy atom. The van der Waals surface area contributed by atoms with E-state index in [2.05, 4.69) is 20.6 Å². The molecule has 0 saturated carbocycles. The van der Waals surface area contributed by atoms with Crippen LogP contribution >= 0.6 is 0 Å². The molecule has 2 aromatic carbocycles. The molecule has 35 heavy (non-hydrogen) atoms. The van der Waals surface area contributed by atoms with Crippen molar-refractivity contribution < 1.29 is 13.9 Å². The highest BCUT2D eigenvalue weighted by molar-refractivity contribution is 5.94. The van der Waals surface area contributed by atoms with Crippen LogP contribution in [0.2, 0.25) is 0 Å². The summed E-state index contributed by atoms with van der Waals surface area (Å²) in [6.45, 7) is 1.72. The Hall–Kier alpha value is -4.48. The number of nitrogens with one attached hydrogen (secondary N) is 2. The first kappa shape index (κ1) is 25.1. The van der Waals surface area contributed by atoms with Gasteiger partial charge in [-0.25, -0.2) is 18.5 Å². The van der Waals surface area contributed by atoms with Gasteiger partial charge in [0.1, 0.15) is 11.6 Å². The van der Waals surface area contributed by atoms with Crippen molar-refractivity contribution in [3.63, 3.8) is 0 Å². The van der Waals surface area contributed by atoms with Crippen LogP contribution in [0.5, 0.6) is 5.75 Å². The third-order valence-corrected chi connectivity index (χ3v) is 4.88. The van der Waals surface area contributed by atoms with Crippen LogP contribution in [0, 0.1) is 5.82 Å². The van der Waals surface area contributed by atoms with Crippen LogP contribution in [0.1, 0.15) is 18.1 Å². The number of aromatic nitrogens is 3. The van der Waals surface area contributed by atoms with Gasteiger partial charge in [-0.3, -0.25) is 19.7 Å². The van der Waals surface area contributed by atoms with Crippen molar-refractivity contribution in [3.05, 3.63) is 86.4 Å². The molecule has 0 aliphatic rings. The molecule has 3 rings (SSSR count). The molecule has 3 aromatic rings. The minimum atomic E-state index is -0.755. The molecule has 0 spiro atoms. The highest BCUT2D eigenvalue weighted by Gasteiger charge is 2.14. The molecule has 11 nitrogen and oxygen atoms in total. The topological polar surface area (TPSA) is 146 Å². The predicted octanol–water partition coefficient (Wildman–Crippen LogP) is 0.512. The molecule has 0 bridgehead atoms. The fourth-order valence-electron chi connectivity index (χ4n) is 3.19. The number of carbonyl (C=O) groups is 1. The number of rotatable bonds is 9. The maximum Gasteiger partial charge on any atom is 0.355 e. The third-order valence-electron chi connectivity index (χ3n) is 4.88.